The Morgan fingerprint density at radius 3 is 2.83 bits per heavy atom. The van der Waals surface area contributed by atoms with Crippen LogP contribution in [0, 0.1) is 17.8 Å². The molecule has 0 amide bonds. The van der Waals surface area contributed by atoms with Gasteiger partial charge in [0, 0.05) is 5.92 Å². The first-order valence-corrected chi connectivity index (χ1v) is 4.99. The Hall–Kier alpha value is -0.300. The third-order valence-corrected chi connectivity index (χ3v) is 3.35. The summed E-state index contributed by atoms with van der Waals surface area (Å²) >= 11 is 5.51. The summed E-state index contributed by atoms with van der Waals surface area (Å²) < 4.78 is 0. The molecule has 3 atom stereocenters. The van der Waals surface area contributed by atoms with Crippen molar-refractivity contribution in [1.82, 2.24) is 0 Å². The Morgan fingerprint density at radius 2 is 2.17 bits per heavy atom. The molecule has 0 saturated heterocycles. The zero-order valence-corrected chi connectivity index (χ0v) is 7.76. The van der Waals surface area contributed by atoms with E-state index in [1.165, 1.54) is 6.42 Å². The molecule has 1 nitrogen and oxygen atoms in total. The van der Waals surface area contributed by atoms with Crippen LogP contribution in [0.5, 0.6) is 0 Å². The van der Waals surface area contributed by atoms with Gasteiger partial charge in [-0.05, 0) is 49.1 Å². The number of halogens is 1. The molecule has 1 fully saturated rings. The standard InChI is InChI=1S/C10H13ClO/c11-10(12)9-5-7-2-1-3-8(4-7)6-9/h1-2,7-9H,3-6H2. The van der Waals surface area contributed by atoms with Crippen molar-refractivity contribution in [1.29, 1.82) is 0 Å². The maximum absolute atomic E-state index is 11.0. The largest absolute Gasteiger partial charge is 0.281 e. The van der Waals surface area contributed by atoms with Gasteiger partial charge in [-0.3, -0.25) is 4.79 Å². The van der Waals surface area contributed by atoms with Crippen LogP contribution in [0.25, 0.3) is 0 Å². The van der Waals surface area contributed by atoms with Crippen LogP contribution >= 0.6 is 11.6 Å². The van der Waals surface area contributed by atoms with E-state index in [9.17, 15) is 4.79 Å². The molecule has 1 saturated carbocycles. The average Bonchev–Trinajstić information content (AvgIpc) is 2.03. The monoisotopic (exact) mass is 184 g/mol. The summed E-state index contributed by atoms with van der Waals surface area (Å²) in [7, 11) is 0. The first kappa shape index (κ1) is 8.31. The lowest BCUT2D eigenvalue weighted by Gasteiger charge is -2.34. The lowest BCUT2D eigenvalue weighted by atomic mass is 9.71. The molecule has 0 aliphatic heterocycles. The van der Waals surface area contributed by atoms with Gasteiger partial charge in [0.1, 0.15) is 0 Å². The van der Waals surface area contributed by atoms with Crippen LogP contribution in [-0.2, 0) is 4.79 Å². The minimum atomic E-state index is -0.125. The maximum Gasteiger partial charge on any atom is 0.224 e. The van der Waals surface area contributed by atoms with Gasteiger partial charge in [0.25, 0.3) is 0 Å². The summed E-state index contributed by atoms with van der Waals surface area (Å²) in [5, 5.41) is -0.125. The number of allylic oxidation sites excluding steroid dienone is 2. The second kappa shape index (κ2) is 3.21. The van der Waals surface area contributed by atoms with Gasteiger partial charge in [0.2, 0.25) is 5.24 Å². The van der Waals surface area contributed by atoms with E-state index >= 15 is 0 Å². The molecule has 0 spiro atoms. The van der Waals surface area contributed by atoms with Crippen molar-refractivity contribution in [3.8, 4) is 0 Å². The van der Waals surface area contributed by atoms with E-state index in [1.54, 1.807) is 0 Å². The van der Waals surface area contributed by atoms with Crippen LogP contribution in [0.2, 0.25) is 0 Å². The molecule has 2 aliphatic rings. The van der Waals surface area contributed by atoms with Gasteiger partial charge >= 0.3 is 0 Å². The highest BCUT2D eigenvalue weighted by Gasteiger charge is 2.32. The van der Waals surface area contributed by atoms with Crippen LogP contribution in [0.15, 0.2) is 12.2 Å². The molecule has 0 aromatic carbocycles. The molecule has 2 aliphatic carbocycles. The Morgan fingerprint density at radius 1 is 1.33 bits per heavy atom. The average molecular weight is 185 g/mol. The minimum absolute atomic E-state index is 0.125. The van der Waals surface area contributed by atoms with E-state index in [0.29, 0.717) is 5.92 Å². The number of carbonyl (C=O) groups excluding carboxylic acids is 1. The zero-order valence-electron chi connectivity index (χ0n) is 7.00. The second-order valence-corrected chi connectivity index (χ2v) is 4.37. The van der Waals surface area contributed by atoms with Gasteiger partial charge in [-0.2, -0.15) is 0 Å². The van der Waals surface area contributed by atoms with Crippen molar-refractivity contribution < 1.29 is 4.79 Å². The van der Waals surface area contributed by atoms with E-state index in [0.717, 1.165) is 25.2 Å². The van der Waals surface area contributed by atoms with Crippen LogP contribution in [0.1, 0.15) is 25.7 Å². The lowest BCUT2D eigenvalue weighted by Crippen LogP contribution is -2.27. The van der Waals surface area contributed by atoms with Crippen molar-refractivity contribution in [2.24, 2.45) is 17.8 Å². The molecule has 0 aromatic rings. The molecule has 12 heavy (non-hydrogen) atoms. The van der Waals surface area contributed by atoms with Crippen molar-refractivity contribution in [2.75, 3.05) is 0 Å². The molecule has 66 valence electrons. The van der Waals surface area contributed by atoms with Gasteiger partial charge in [-0.1, -0.05) is 12.2 Å². The molecule has 2 heteroatoms. The molecule has 0 radical (unpaired) electrons. The highest BCUT2D eigenvalue weighted by molar-refractivity contribution is 6.63. The Kier molecular flexibility index (Phi) is 2.22. The third-order valence-electron chi connectivity index (χ3n) is 3.04. The van der Waals surface area contributed by atoms with E-state index in [2.05, 4.69) is 12.2 Å². The van der Waals surface area contributed by atoms with Crippen molar-refractivity contribution >= 4 is 16.8 Å². The third kappa shape index (κ3) is 1.56. The lowest BCUT2D eigenvalue weighted by molar-refractivity contribution is -0.116. The van der Waals surface area contributed by atoms with Crippen molar-refractivity contribution in [3.63, 3.8) is 0 Å². The van der Waals surface area contributed by atoms with Crippen LogP contribution in [-0.4, -0.2) is 5.24 Å². The van der Waals surface area contributed by atoms with E-state index in [-0.39, 0.29) is 11.2 Å². The normalized spacial score (nSPS) is 39.6. The number of hydrogen-bond acceptors (Lipinski definition) is 1. The number of hydrogen-bond donors (Lipinski definition) is 0. The van der Waals surface area contributed by atoms with E-state index < -0.39 is 0 Å². The zero-order chi connectivity index (χ0) is 8.55. The van der Waals surface area contributed by atoms with Gasteiger partial charge in [0.05, 0.1) is 0 Å². The predicted octanol–water partition coefficient (Wildman–Crippen LogP) is 2.74. The van der Waals surface area contributed by atoms with Crippen LogP contribution in [0.4, 0.5) is 0 Å². The quantitative estimate of drug-likeness (QED) is 0.453. The number of fused-ring (bicyclic) bond motifs is 2. The summed E-state index contributed by atoms with van der Waals surface area (Å²) in [5.74, 6) is 1.49. The smallest absolute Gasteiger partial charge is 0.224 e. The fourth-order valence-corrected chi connectivity index (χ4v) is 2.66. The number of carbonyl (C=O) groups is 1. The fourth-order valence-electron chi connectivity index (χ4n) is 2.48. The second-order valence-electron chi connectivity index (χ2n) is 4.00. The van der Waals surface area contributed by atoms with Crippen molar-refractivity contribution in [3.05, 3.63) is 12.2 Å². The molecule has 2 rings (SSSR count). The van der Waals surface area contributed by atoms with Crippen LogP contribution in [0.3, 0.4) is 0 Å². The molecule has 0 heterocycles. The topological polar surface area (TPSA) is 17.1 Å². The highest BCUT2D eigenvalue weighted by Crippen LogP contribution is 2.39. The predicted molar refractivity (Wildman–Crippen MR) is 48.9 cm³/mol. The van der Waals surface area contributed by atoms with Gasteiger partial charge in [-0.15, -0.1) is 0 Å². The van der Waals surface area contributed by atoms with Gasteiger partial charge in [-0.25, -0.2) is 0 Å². The van der Waals surface area contributed by atoms with Crippen LogP contribution < -0.4 is 0 Å². The van der Waals surface area contributed by atoms with E-state index in [1.807, 2.05) is 0 Å². The molecule has 0 N–H and O–H groups in total. The Labute approximate surface area is 77.8 Å². The minimum Gasteiger partial charge on any atom is -0.281 e. The number of rotatable bonds is 1. The van der Waals surface area contributed by atoms with Gasteiger partial charge in [0.15, 0.2) is 0 Å². The summed E-state index contributed by atoms with van der Waals surface area (Å²) in [6, 6.07) is 0. The SMILES string of the molecule is O=C(Cl)C1CC2C=CCC(C2)C1. The van der Waals surface area contributed by atoms with Gasteiger partial charge < -0.3 is 0 Å². The summed E-state index contributed by atoms with van der Waals surface area (Å²) in [6.45, 7) is 0. The Bertz CT molecular complexity index is 222. The van der Waals surface area contributed by atoms with Crippen molar-refractivity contribution in [2.45, 2.75) is 25.7 Å². The molecule has 0 aromatic heterocycles. The molecule has 2 bridgehead atoms. The Balaban J connectivity index is 2.07. The maximum atomic E-state index is 11.0. The summed E-state index contributed by atoms with van der Waals surface area (Å²) in [5.41, 5.74) is 0. The first-order valence-electron chi connectivity index (χ1n) is 4.61. The molecular formula is C10H13ClO. The van der Waals surface area contributed by atoms with E-state index in [4.69, 9.17) is 11.6 Å². The fraction of sp³-hybridized carbons (Fsp3) is 0.700. The molecule has 3 unspecified atom stereocenters. The summed E-state index contributed by atoms with van der Waals surface area (Å²) in [4.78, 5) is 11.0. The highest BCUT2D eigenvalue weighted by atomic mass is 35.5. The first-order chi connectivity index (χ1) is 5.75. The molecular weight excluding hydrogens is 172 g/mol. The summed E-state index contributed by atoms with van der Waals surface area (Å²) in [6.07, 6.45) is 8.93.